The summed E-state index contributed by atoms with van der Waals surface area (Å²) in [7, 11) is -3.20. The van der Waals surface area contributed by atoms with E-state index in [0.717, 1.165) is 0 Å². The first-order valence-electron chi connectivity index (χ1n) is 4.53. The van der Waals surface area contributed by atoms with Gasteiger partial charge >= 0.3 is 0 Å². The first-order valence-corrected chi connectivity index (χ1v) is 6.19. The summed E-state index contributed by atoms with van der Waals surface area (Å²) < 4.78 is 25.0. The van der Waals surface area contributed by atoms with Crippen molar-refractivity contribution < 1.29 is 13.5 Å². The van der Waals surface area contributed by atoms with Crippen LogP contribution in [0.1, 0.15) is 27.2 Å². The molecular formula is C8H19NO3S. The largest absolute Gasteiger partial charge is 0.395 e. The summed E-state index contributed by atoms with van der Waals surface area (Å²) in [6, 6.07) is -0.364. The number of aliphatic hydroxyl groups is 1. The zero-order valence-electron chi connectivity index (χ0n) is 8.45. The van der Waals surface area contributed by atoms with Crippen LogP contribution in [0.2, 0.25) is 0 Å². The number of hydrogen-bond acceptors (Lipinski definition) is 3. The summed E-state index contributed by atoms with van der Waals surface area (Å²) >= 11 is 0. The SMILES string of the molecule is CCCS(=O)(=O)N[C@H](CO)C(C)C. The number of hydrogen-bond donors (Lipinski definition) is 2. The van der Waals surface area contributed by atoms with E-state index in [1.165, 1.54) is 0 Å². The molecule has 5 heteroatoms. The predicted octanol–water partition coefficient (Wildman–Crippen LogP) is 0.333. The second kappa shape index (κ2) is 5.57. The normalized spacial score (nSPS) is 14.8. The Morgan fingerprint density at radius 2 is 1.92 bits per heavy atom. The van der Waals surface area contributed by atoms with Gasteiger partial charge in [-0.25, -0.2) is 13.1 Å². The van der Waals surface area contributed by atoms with Gasteiger partial charge in [0.1, 0.15) is 0 Å². The standard InChI is InChI=1S/C8H19NO3S/c1-4-5-13(11,12)9-8(6-10)7(2)3/h7-10H,4-6H2,1-3H3/t8-/m1/s1. The van der Waals surface area contributed by atoms with Crippen LogP contribution < -0.4 is 4.72 Å². The third-order valence-electron chi connectivity index (χ3n) is 1.81. The second-order valence-electron chi connectivity index (χ2n) is 3.47. The summed E-state index contributed by atoms with van der Waals surface area (Å²) in [4.78, 5) is 0. The highest BCUT2D eigenvalue weighted by atomic mass is 32.2. The van der Waals surface area contributed by atoms with Gasteiger partial charge < -0.3 is 5.11 Å². The fourth-order valence-corrected chi connectivity index (χ4v) is 2.41. The first kappa shape index (κ1) is 12.9. The van der Waals surface area contributed by atoms with E-state index in [0.29, 0.717) is 6.42 Å². The Morgan fingerprint density at radius 1 is 1.38 bits per heavy atom. The second-order valence-corrected chi connectivity index (χ2v) is 5.34. The molecule has 0 aliphatic carbocycles. The van der Waals surface area contributed by atoms with Crippen molar-refractivity contribution in [1.82, 2.24) is 4.72 Å². The van der Waals surface area contributed by atoms with Crippen molar-refractivity contribution in [1.29, 1.82) is 0 Å². The van der Waals surface area contributed by atoms with E-state index in [9.17, 15) is 8.42 Å². The number of rotatable bonds is 6. The topological polar surface area (TPSA) is 66.4 Å². The summed E-state index contributed by atoms with van der Waals surface area (Å²) in [5, 5.41) is 8.90. The van der Waals surface area contributed by atoms with Crippen LogP contribution in [0, 0.1) is 5.92 Å². The Kier molecular flexibility index (Phi) is 5.51. The van der Waals surface area contributed by atoms with Gasteiger partial charge in [0.15, 0.2) is 0 Å². The van der Waals surface area contributed by atoms with Crippen LogP contribution in [0.5, 0.6) is 0 Å². The lowest BCUT2D eigenvalue weighted by molar-refractivity contribution is 0.227. The molecule has 0 spiro atoms. The minimum Gasteiger partial charge on any atom is -0.395 e. The van der Waals surface area contributed by atoms with Crippen LogP contribution in [0.3, 0.4) is 0 Å². The van der Waals surface area contributed by atoms with Crippen molar-refractivity contribution in [3.8, 4) is 0 Å². The van der Waals surface area contributed by atoms with Gasteiger partial charge in [0.2, 0.25) is 10.0 Å². The minimum absolute atomic E-state index is 0.108. The number of sulfonamides is 1. The predicted molar refractivity (Wildman–Crippen MR) is 52.9 cm³/mol. The van der Waals surface area contributed by atoms with E-state index in [1.807, 2.05) is 20.8 Å². The Bertz CT molecular complexity index is 224. The zero-order chi connectivity index (χ0) is 10.5. The van der Waals surface area contributed by atoms with E-state index in [-0.39, 0.29) is 24.3 Å². The van der Waals surface area contributed by atoms with E-state index < -0.39 is 10.0 Å². The van der Waals surface area contributed by atoms with Crippen LogP contribution in [-0.2, 0) is 10.0 Å². The lowest BCUT2D eigenvalue weighted by Crippen LogP contribution is -2.42. The average Bonchev–Trinajstić information content (AvgIpc) is 1.99. The lowest BCUT2D eigenvalue weighted by Gasteiger charge is -2.19. The van der Waals surface area contributed by atoms with Crippen molar-refractivity contribution >= 4 is 10.0 Å². The molecule has 0 aromatic rings. The van der Waals surface area contributed by atoms with Gasteiger partial charge in [-0.15, -0.1) is 0 Å². The molecule has 80 valence electrons. The van der Waals surface area contributed by atoms with Crippen LogP contribution in [0.4, 0.5) is 0 Å². The van der Waals surface area contributed by atoms with Crippen molar-refractivity contribution in [2.45, 2.75) is 33.2 Å². The van der Waals surface area contributed by atoms with Crippen molar-refractivity contribution in [2.24, 2.45) is 5.92 Å². The third-order valence-corrected chi connectivity index (χ3v) is 3.41. The number of nitrogens with one attached hydrogen (secondary N) is 1. The molecular weight excluding hydrogens is 190 g/mol. The lowest BCUT2D eigenvalue weighted by atomic mass is 10.1. The average molecular weight is 209 g/mol. The highest BCUT2D eigenvalue weighted by Crippen LogP contribution is 2.02. The van der Waals surface area contributed by atoms with Crippen LogP contribution in [-0.4, -0.2) is 31.9 Å². The fraction of sp³-hybridized carbons (Fsp3) is 1.00. The third kappa shape index (κ3) is 5.23. The van der Waals surface area contributed by atoms with Gasteiger partial charge in [-0.3, -0.25) is 0 Å². The Balaban J connectivity index is 4.23. The maximum atomic E-state index is 11.3. The minimum atomic E-state index is -3.20. The molecule has 13 heavy (non-hydrogen) atoms. The Labute approximate surface area is 80.4 Å². The fourth-order valence-electron chi connectivity index (χ4n) is 0.942. The van der Waals surface area contributed by atoms with E-state index in [4.69, 9.17) is 5.11 Å². The van der Waals surface area contributed by atoms with Crippen molar-refractivity contribution in [2.75, 3.05) is 12.4 Å². The summed E-state index contributed by atoms with van der Waals surface area (Å²) in [6.07, 6.45) is 0.589. The molecule has 4 nitrogen and oxygen atoms in total. The van der Waals surface area contributed by atoms with E-state index in [1.54, 1.807) is 0 Å². The molecule has 0 amide bonds. The van der Waals surface area contributed by atoms with Crippen LogP contribution >= 0.6 is 0 Å². The molecule has 0 bridgehead atoms. The molecule has 0 radical (unpaired) electrons. The number of aliphatic hydroxyl groups excluding tert-OH is 1. The van der Waals surface area contributed by atoms with Crippen molar-refractivity contribution in [3.63, 3.8) is 0 Å². The molecule has 0 aliphatic rings. The maximum Gasteiger partial charge on any atom is 0.211 e. The molecule has 0 heterocycles. The van der Waals surface area contributed by atoms with Gasteiger partial charge in [-0.2, -0.15) is 0 Å². The molecule has 0 unspecified atom stereocenters. The summed E-state index contributed by atoms with van der Waals surface area (Å²) in [6.45, 7) is 5.40. The molecule has 1 atom stereocenters. The molecule has 0 aromatic carbocycles. The van der Waals surface area contributed by atoms with Gasteiger partial charge in [-0.05, 0) is 12.3 Å². The van der Waals surface area contributed by atoms with Gasteiger partial charge in [-0.1, -0.05) is 20.8 Å². The Morgan fingerprint density at radius 3 is 2.23 bits per heavy atom. The van der Waals surface area contributed by atoms with Crippen LogP contribution in [0.25, 0.3) is 0 Å². The summed E-state index contributed by atoms with van der Waals surface area (Å²) in [5.74, 6) is 0.229. The maximum absolute atomic E-state index is 11.3. The van der Waals surface area contributed by atoms with E-state index in [2.05, 4.69) is 4.72 Å². The zero-order valence-corrected chi connectivity index (χ0v) is 9.26. The van der Waals surface area contributed by atoms with Gasteiger partial charge in [0.25, 0.3) is 0 Å². The van der Waals surface area contributed by atoms with Crippen molar-refractivity contribution in [3.05, 3.63) is 0 Å². The van der Waals surface area contributed by atoms with Crippen LogP contribution in [0.15, 0.2) is 0 Å². The summed E-state index contributed by atoms with van der Waals surface area (Å²) in [5.41, 5.74) is 0. The molecule has 2 N–H and O–H groups in total. The highest BCUT2D eigenvalue weighted by Gasteiger charge is 2.18. The molecule has 0 aromatic heterocycles. The molecule has 0 aliphatic heterocycles. The van der Waals surface area contributed by atoms with E-state index >= 15 is 0 Å². The molecule has 0 fully saturated rings. The monoisotopic (exact) mass is 209 g/mol. The molecule has 0 saturated heterocycles. The van der Waals surface area contributed by atoms with Gasteiger partial charge in [0, 0.05) is 6.04 Å². The highest BCUT2D eigenvalue weighted by molar-refractivity contribution is 7.89. The Hall–Kier alpha value is -0.130. The smallest absolute Gasteiger partial charge is 0.211 e. The molecule has 0 saturated carbocycles. The molecule has 0 rings (SSSR count). The first-order chi connectivity index (χ1) is 5.93. The van der Waals surface area contributed by atoms with Gasteiger partial charge in [0.05, 0.1) is 12.4 Å². The quantitative estimate of drug-likeness (QED) is 0.662.